The number of carbonyl (C=O) groups is 1. The Labute approximate surface area is 157 Å². The molecule has 2 aromatic rings. The van der Waals surface area contributed by atoms with Crippen molar-refractivity contribution in [1.82, 2.24) is 9.88 Å². The number of anilines is 1. The number of piperazine rings is 1. The van der Waals surface area contributed by atoms with Gasteiger partial charge < -0.3 is 9.64 Å². The van der Waals surface area contributed by atoms with Crippen LogP contribution in [0.25, 0.3) is 0 Å². The maximum Gasteiger partial charge on any atom is 0.311 e. The van der Waals surface area contributed by atoms with E-state index in [0.29, 0.717) is 38.3 Å². The molecule has 1 aromatic carbocycles. The predicted octanol–water partition coefficient (Wildman–Crippen LogP) is 2.19. The van der Waals surface area contributed by atoms with Gasteiger partial charge in [-0.2, -0.15) is 0 Å². The molecular formula is C19H22N4O4. The SMILES string of the molecule is O=C(CCCN1CCN(c2ccncc2)CC1[N+](=O)[O-])Oc1ccccc1. The van der Waals surface area contributed by atoms with Gasteiger partial charge in [-0.1, -0.05) is 18.2 Å². The maximum atomic E-state index is 11.9. The Morgan fingerprint density at radius 1 is 1.19 bits per heavy atom. The lowest BCUT2D eigenvalue weighted by molar-refractivity contribution is -0.549. The zero-order valence-electron chi connectivity index (χ0n) is 14.9. The van der Waals surface area contributed by atoms with E-state index in [-0.39, 0.29) is 17.3 Å². The van der Waals surface area contributed by atoms with Crippen LogP contribution in [0.4, 0.5) is 5.69 Å². The fourth-order valence-corrected chi connectivity index (χ4v) is 3.15. The monoisotopic (exact) mass is 370 g/mol. The van der Waals surface area contributed by atoms with Gasteiger partial charge in [-0.3, -0.25) is 19.9 Å². The molecule has 142 valence electrons. The van der Waals surface area contributed by atoms with Crippen LogP contribution in [-0.2, 0) is 4.79 Å². The van der Waals surface area contributed by atoms with E-state index < -0.39 is 6.17 Å². The van der Waals surface area contributed by atoms with Gasteiger partial charge in [0.1, 0.15) is 12.3 Å². The summed E-state index contributed by atoms with van der Waals surface area (Å²) in [5.74, 6) is 0.186. The third kappa shape index (κ3) is 5.24. The number of hydrogen-bond acceptors (Lipinski definition) is 7. The number of aromatic nitrogens is 1. The van der Waals surface area contributed by atoms with Gasteiger partial charge in [0.2, 0.25) is 0 Å². The largest absolute Gasteiger partial charge is 0.427 e. The van der Waals surface area contributed by atoms with Gasteiger partial charge >= 0.3 is 5.97 Å². The van der Waals surface area contributed by atoms with E-state index in [2.05, 4.69) is 4.98 Å². The van der Waals surface area contributed by atoms with Crippen LogP contribution in [0.5, 0.6) is 5.75 Å². The number of esters is 1. The number of ether oxygens (including phenoxy) is 1. The predicted molar refractivity (Wildman–Crippen MR) is 100 cm³/mol. The summed E-state index contributed by atoms with van der Waals surface area (Å²) in [5.41, 5.74) is 0.933. The van der Waals surface area contributed by atoms with E-state index >= 15 is 0 Å². The van der Waals surface area contributed by atoms with Gasteiger partial charge in [-0.05, 0) is 30.7 Å². The molecule has 1 saturated heterocycles. The second-order valence-corrected chi connectivity index (χ2v) is 6.34. The maximum absolute atomic E-state index is 11.9. The lowest BCUT2D eigenvalue weighted by Crippen LogP contribution is -2.56. The van der Waals surface area contributed by atoms with Gasteiger partial charge in [-0.15, -0.1) is 0 Å². The van der Waals surface area contributed by atoms with Crippen LogP contribution in [0.3, 0.4) is 0 Å². The molecule has 0 aliphatic carbocycles. The molecule has 8 heteroatoms. The van der Waals surface area contributed by atoms with Crippen LogP contribution in [-0.4, -0.2) is 53.1 Å². The molecule has 1 atom stereocenters. The van der Waals surface area contributed by atoms with Crippen LogP contribution in [0.15, 0.2) is 54.9 Å². The van der Waals surface area contributed by atoms with Crippen molar-refractivity contribution in [3.63, 3.8) is 0 Å². The average Bonchev–Trinajstić information content (AvgIpc) is 2.69. The summed E-state index contributed by atoms with van der Waals surface area (Å²) < 4.78 is 5.25. The number of pyridine rings is 1. The quantitative estimate of drug-likeness (QED) is 0.319. The summed E-state index contributed by atoms with van der Waals surface area (Å²) in [7, 11) is 0. The molecule has 0 N–H and O–H groups in total. The van der Waals surface area contributed by atoms with E-state index in [1.165, 1.54) is 0 Å². The van der Waals surface area contributed by atoms with E-state index in [1.807, 2.05) is 28.0 Å². The van der Waals surface area contributed by atoms with E-state index in [4.69, 9.17) is 4.74 Å². The van der Waals surface area contributed by atoms with Gasteiger partial charge in [0, 0.05) is 49.1 Å². The van der Waals surface area contributed by atoms with Crippen molar-refractivity contribution in [1.29, 1.82) is 0 Å². The highest BCUT2D eigenvalue weighted by Crippen LogP contribution is 2.19. The van der Waals surface area contributed by atoms with Crippen LogP contribution < -0.4 is 9.64 Å². The molecule has 0 spiro atoms. The average molecular weight is 370 g/mol. The minimum Gasteiger partial charge on any atom is -0.427 e. The summed E-state index contributed by atoms with van der Waals surface area (Å²) in [5, 5.41) is 11.5. The molecule has 1 unspecified atom stereocenters. The number of nitrogens with zero attached hydrogens (tertiary/aromatic N) is 4. The van der Waals surface area contributed by atoms with Crippen LogP contribution in [0.2, 0.25) is 0 Å². The van der Waals surface area contributed by atoms with Gasteiger partial charge in [0.25, 0.3) is 6.17 Å². The molecular weight excluding hydrogens is 348 g/mol. The van der Waals surface area contributed by atoms with Crippen LogP contribution in [0.1, 0.15) is 12.8 Å². The van der Waals surface area contributed by atoms with Crippen LogP contribution >= 0.6 is 0 Å². The molecule has 8 nitrogen and oxygen atoms in total. The smallest absolute Gasteiger partial charge is 0.311 e. The molecule has 1 aliphatic rings. The van der Waals surface area contributed by atoms with Crippen molar-refractivity contribution in [2.75, 3.05) is 31.1 Å². The number of nitro groups is 1. The molecule has 0 radical (unpaired) electrons. The Morgan fingerprint density at radius 3 is 2.63 bits per heavy atom. The van der Waals surface area contributed by atoms with Crippen molar-refractivity contribution in [3.05, 3.63) is 65.0 Å². The van der Waals surface area contributed by atoms with Crippen molar-refractivity contribution >= 4 is 11.7 Å². The number of benzene rings is 1. The first-order valence-corrected chi connectivity index (χ1v) is 8.92. The Morgan fingerprint density at radius 2 is 1.93 bits per heavy atom. The Balaban J connectivity index is 1.49. The normalized spacial score (nSPS) is 17.5. The van der Waals surface area contributed by atoms with E-state index in [1.54, 1.807) is 36.7 Å². The minimum absolute atomic E-state index is 0.226. The summed E-state index contributed by atoms with van der Waals surface area (Å²) in [6, 6.07) is 12.6. The molecule has 0 amide bonds. The third-order valence-electron chi connectivity index (χ3n) is 4.53. The molecule has 1 fully saturated rings. The second-order valence-electron chi connectivity index (χ2n) is 6.34. The standard InChI is InChI=1S/C19H22N4O4/c24-19(27-17-5-2-1-3-6-17)7-4-12-21-13-14-22(15-18(21)23(25)26)16-8-10-20-11-9-16/h1-3,5-6,8-11,18H,4,7,12-15H2. The van der Waals surface area contributed by atoms with Crippen LogP contribution in [0, 0.1) is 10.1 Å². The Hall–Kier alpha value is -3.00. The molecule has 1 aliphatic heterocycles. The first-order chi connectivity index (χ1) is 13.1. The first-order valence-electron chi connectivity index (χ1n) is 8.92. The Kier molecular flexibility index (Phi) is 6.32. The summed E-state index contributed by atoms with van der Waals surface area (Å²) in [6.45, 7) is 2.07. The fourth-order valence-electron chi connectivity index (χ4n) is 3.15. The molecule has 0 saturated carbocycles. The molecule has 2 heterocycles. The Bertz CT molecular complexity index is 757. The highest BCUT2D eigenvalue weighted by atomic mass is 16.6. The van der Waals surface area contributed by atoms with E-state index in [0.717, 1.165) is 5.69 Å². The number of para-hydroxylation sites is 1. The second kappa shape index (κ2) is 9.09. The topological polar surface area (TPSA) is 88.8 Å². The zero-order valence-corrected chi connectivity index (χ0v) is 14.9. The highest BCUT2D eigenvalue weighted by Gasteiger charge is 2.35. The third-order valence-corrected chi connectivity index (χ3v) is 4.53. The van der Waals surface area contributed by atoms with Gasteiger partial charge in [0.15, 0.2) is 0 Å². The van der Waals surface area contributed by atoms with Gasteiger partial charge in [0.05, 0.1) is 0 Å². The molecule has 3 rings (SSSR count). The lowest BCUT2D eigenvalue weighted by Gasteiger charge is -2.37. The fraction of sp³-hybridized carbons (Fsp3) is 0.368. The lowest BCUT2D eigenvalue weighted by atomic mass is 10.2. The zero-order chi connectivity index (χ0) is 19.1. The number of rotatable bonds is 7. The van der Waals surface area contributed by atoms with Crippen molar-refractivity contribution in [3.8, 4) is 5.75 Å². The molecule has 0 bridgehead atoms. The summed E-state index contributed by atoms with van der Waals surface area (Å²) in [6.07, 6.45) is 3.31. The summed E-state index contributed by atoms with van der Waals surface area (Å²) >= 11 is 0. The van der Waals surface area contributed by atoms with E-state index in [9.17, 15) is 14.9 Å². The number of hydrogen-bond donors (Lipinski definition) is 0. The number of carbonyl (C=O) groups excluding carboxylic acids is 1. The van der Waals surface area contributed by atoms with Crippen molar-refractivity contribution < 1.29 is 14.5 Å². The van der Waals surface area contributed by atoms with Gasteiger partial charge in [-0.25, -0.2) is 4.90 Å². The minimum atomic E-state index is -0.794. The summed E-state index contributed by atoms with van der Waals surface area (Å²) in [4.78, 5) is 31.0. The highest BCUT2D eigenvalue weighted by molar-refractivity contribution is 5.72. The molecule has 27 heavy (non-hydrogen) atoms. The van der Waals surface area contributed by atoms with Crippen molar-refractivity contribution in [2.45, 2.75) is 19.0 Å². The first kappa shape index (κ1) is 18.8. The van der Waals surface area contributed by atoms with Crippen molar-refractivity contribution in [2.24, 2.45) is 0 Å². The molecule has 1 aromatic heterocycles.